The second-order valence-corrected chi connectivity index (χ2v) is 4.74. The van der Waals surface area contributed by atoms with Gasteiger partial charge in [0.2, 0.25) is 5.91 Å². The van der Waals surface area contributed by atoms with E-state index in [9.17, 15) is 14.0 Å². The largest absolute Gasteiger partial charge is 0.341 e. The summed E-state index contributed by atoms with van der Waals surface area (Å²) < 4.78 is 13.6. The first-order chi connectivity index (χ1) is 9.63. The fourth-order valence-electron chi connectivity index (χ4n) is 2.31. The van der Waals surface area contributed by atoms with Gasteiger partial charge in [0.1, 0.15) is 0 Å². The molecule has 0 aromatic carbocycles. The van der Waals surface area contributed by atoms with Crippen molar-refractivity contribution >= 4 is 11.8 Å². The van der Waals surface area contributed by atoms with E-state index in [2.05, 4.69) is 4.98 Å². The van der Waals surface area contributed by atoms with Crippen molar-refractivity contribution in [3.63, 3.8) is 0 Å². The number of pyridine rings is 1. The first-order valence-corrected chi connectivity index (χ1v) is 6.80. The lowest BCUT2D eigenvalue weighted by Gasteiger charge is -2.22. The number of hydrogen-bond donors (Lipinski definition) is 0. The lowest BCUT2D eigenvalue weighted by molar-refractivity contribution is -0.130. The predicted molar refractivity (Wildman–Crippen MR) is 71.6 cm³/mol. The molecule has 0 saturated carbocycles. The van der Waals surface area contributed by atoms with Crippen molar-refractivity contribution in [3.05, 3.63) is 29.8 Å². The normalized spacial score (nSPS) is 15.9. The molecule has 0 atom stereocenters. The smallest absolute Gasteiger partial charge is 0.257 e. The summed E-state index contributed by atoms with van der Waals surface area (Å²) in [4.78, 5) is 30.9. The molecule has 0 N–H and O–H groups in total. The van der Waals surface area contributed by atoms with Crippen molar-refractivity contribution in [2.24, 2.45) is 0 Å². The maximum absolute atomic E-state index is 13.6. The van der Waals surface area contributed by atoms with E-state index in [1.807, 2.05) is 6.92 Å². The van der Waals surface area contributed by atoms with Gasteiger partial charge in [-0.1, -0.05) is 6.92 Å². The number of hydrogen-bond acceptors (Lipinski definition) is 3. The van der Waals surface area contributed by atoms with Gasteiger partial charge in [-0.2, -0.15) is 0 Å². The zero-order valence-electron chi connectivity index (χ0n) is 11.5. The van der Waals surface area contributed by atoms with Crippen LogP contribution in [0.1, 0.15) is 30.1 Å². The summed E-state index contributed by atoms with van der Waals surface area (Å²) in [7, 11) is 0. The fourth-order valence-corrected chi connectivity index (χ4v) is 2.31. The molecule has 1 aliphatic rings. The van der Waals surface area contributed by atoms with Crippen molar-refractivity contribution in [3.8, 4) is 0 Å². The van der Waals surface area contributed by atoms with E-state index >= 15 is 0 Å². The molecule has 2 heterocycles. The summed E-state index contributed by atoms with van der Waals surface area (Å²) >= 11 is 0. The van der Waals surface area contributed by atoms with Crippen molar-refractivity contribution in [1.82, 2.24) is 14.8 Å². The van der Waals surface area contributed by atoms with Gasteiger partial charge in [-0.05, 0) is 12.5 Å². The van der Waals surface area contributed by atoms with E-state index in [0.717, 1.165) is 6.20 Å². The molecule has 0 unspecified atom stereocenters. The number of halogens is 1. The van der Waals surface area contributed by atoms with Crippen LogP contribution in [0, 0.1) is 5.82 Å². The number of aromatic nitrogens is 1. The van der Waals surface area contributed by atoms with Gasteiger partial charge in [-0.25, -0.2) is 4.39 Å². The Kier molecular flexibility index (Phi) is 4.65. The zero-order chi connectivity index (χ0) is 14.5. The van der Waals surface area contributed by atoms with E-state index in [0.29, 0.717) is 39.0 Å². The van der Waals surface area contributed by atoms with Crippen LogP contribution in [0.5, 0.6) is 0 Å². The molecule has 108 valence electrons. The quantitative estimate of drug-likeness (QED) is 0.820. The maximum Gasteiger partial charge on any atom is 0.257 e. The first kappa shape index (κ1) is 14.4. The van der Waals surface area contributed by atoms with Crippen LogP contribution in [0.3, 0.4) is 0 Å². The number of carbonyl (C=O) groups excluding carboxylic acids is 2. The molecular weight excluding hydrogens is 261 g/mol. The van der Waals surface area contributed by atoms with Gasteiger partial charge >= 0.3 is 0 Å². The van der Waals surface area contributed by atoms with E-state index < -0.39 is 5.82 Å². The van der Waals surface area contributed by atoms with Gasteiger partial charge in [0, 0.05) is 38.8 Å². The van der Waals surface area contributed by atoms with Gasteiger partial charge in [-0.15, -0.1) is 0 Å². The lowest BCUT2D eigenvalue weighted by atomic mass is 10.2. The average Bonchev–Trinajstić information content (AvgIpc) is 2.72. The molecule has 6 heteroatoms. The molecule has 1 saturated heterocycles. The molecule has 1 aromatic heterocycles. The third kappa shape index (κ3) is 3.12. The van der Waals surface area contributed by atoms with E-state index in [4.69, 9.17) is 0 Å². The van der Waals surface area contributed by atoms with Crippen molar-refractivity contribution < 1.29 is 14.0 Å². The van der Waals surface area contributed by atoms with Gasteiger partial charge in [0.25, 0.3) is 5.91 Å². The number of nitrogens with zero attached hydrogens (tertiary/aromatic N) is 3. The summed E-state index contributed by atoms with van der Waals surface area (Å²) in [5.74, 6) is -0.853. The number of carbonyl (C=O) groups is 2. The van der Waals surface area contributed by atoms with Crippen LogP contribution in [0.4, 0.5) is 4.39 Å². The van der Waals surface area contributed by atoms with E-state index in [1.54, 1.807) is 9.80 Å². The fraction of sp³-hybridized carbons (Fsp3) is 0.500. The number of amides is 2. The minimum Gasteiger partial charge on any atom is -0.341 e. The van der Waals surface area contributed by atoms with Crippen LogP contribution in [0.15, 0.2) is 18.5 Å². The highest BCUT2D eigenvalue weighted by Crippen LogP contribution is 2.12. The topological polar surface area (TPSA) is 53.5 Å². The maximum atomic E-state index is 13.6. The Morgan fingerprint density at radius 2 is 1.95 bits per heavy atom. The highest BCUT2D eigenvalue weighted by molar-refractivity contribution is 5.94. The highest BCUT2D eigenvalue weighted by Gasteiger charge is 2.23. The van der Waals surface area contributed by atoms with Gasteiger partial charge in [-0.3, -0.25) is 14.6 Å². The van der Waals surface area contributed by atoms with Crippen LogP contribution in [-0.2, 0) is 4.79 Å². The van der Waals surface area contributed by atoms with E-state index in [-0.39, 0.29) is 17.4 Å². The Morgan fingerprint density at radius 3 is 2.65 bits per heavy atom. The molecule has 20 heavy (non-hydrogen) atoms. The third-order valence-corrected chi connectivity index (χ3v) is 3.44. The van der Waals surface area contributed by atoms with E-state index in [1.165, 1.54) is 12.3 Å². The Balaban J connectivity index is 2.05. The predicted octanol–water partition coefficient (Wildman–Crippen LogP) is 1.31. The Bertz CT molecular complexity index is 507. The zero-order valence-corrected chi connectivity index (χ0v) is 11.5. The molecule has 2 amide bonds. The van der Waals surface area contributed by atoms with Crippen LogP contribution in [-0.4, -0.2) is 52.8 Å². The lowest BCUT2D eigenvalue weighted by Crippen LogP contribution is -2.37. The van der Waals surface area contributed by atoms with Gasteiger partial charge in [0.05, 0.1) is 11.8 Å². The number of rotatable bonds is 2. The average molecular weight is 279 g/mol. The monoisotopic (exact) mass is 279 g/mol. The molecule has 1 fully saturated rings. The molecule has 2 rings (SSSR count). The minimum absolute atomic E-state index is 0.0373. The second-order valence-electron chi connectivity index (χ2n) is 4.74. The molecule has 0 radical (unpaired) electrons. The highest BCUT2D eigenvalue weighted by atomic mass is 19.1. The summed E-state index contributed by atoms with van der Waals surface area (Å²) in [6, 6.07) is 1.39. The van der Waals surface area contributed by atoms with Crippen LogP contribution in [0.2, 0.25) is 0 Å². The van der Waals surface area contributed by atoms with Crippen LogP contribution >= 0.6 is 0 Å². The van der Waals surface area contributed by atoms with Gasteiger partial charge in [0.15, 0.2) is 5.82 Å². The van der Waals surface area contributed by atoms with Crippen LogP contribution in [0.25, 0.3) is 0 Å². The molecule has 0 bridgehead atoms. The summed E-state index contributed by atoms with van der Waals surface area (Å²) in [5.41, 5.74) is 0.0373. The minimum atomic E-state index is -0.608. The van der Waals surface area contributed by atoms with Crippen molar-refractivity contribution in [2.45, 2.75) is 19.8 Å². The molecule has 0 spiro atoms. The molecule has 0 aliphatic carbocycles. The molecule has 1 aromatic rings. The summed E-state index contributed by atoms with van der Waals surface area (Å²) in [6.07, 6.45) is 3.62. The third-order valence-electron chi connectivity index (χ3n) is 3.44. The SMILES string of the molecule is CCC(=O)N1CCCN(C(=O)c2ccncc2F)CC1. The summed E-state index contributed by atoms with van der Waals surface area (Å²) in [6.45, 7) is 3.95. The van der Waals surface area contributed by atoms with Crippen molar-refractivity contribution in [1.29, 1.82) is 0 Å². The van der Waals surface area contributed by atoms with Gasteiger partial charge < -0.3 is 9.80 Å². The Hall–Kier alpha value is -1.98. The molecule has 1 aliphatic heterocycles. The Labute approximate surface area is 117 Å². The second kappa shape index (κ2) is 6.45. The Morgan fingerprint density at radius 1 is 1.25 bits per heavy atom. The first-order valence-electron chi connectivity index (χ1n) is 6.80. The van der Waals surface area contributed by atoms with Crippen molar-refractivity contribution in [2.75, 3.05) is 26.2 Å². The molecule has 5 nitrogen and oxygen atoms in total. The standard InChI is InChI=1S/C14H18FN3O2/c1-2-13(19)17-6-3-7-18(9-8-17)14(20)11-4-5-16-10-12(11)15/h4-5,10H,2-3,6-9H2,1H3. The molecular formula is C14H18FN3O2. The summed E-state index contributed by atoms with van der Waals surface area (Å²) in [5, 5.41) is 0. The van der Waals surface area contributed by atoms with Crippen LogP contribution < -0.4 is 0 Å².